The highest BCUT2D eigenvalue weighted by atomic mass is 31.2. The predicted octanol–water partition coefficient (Wildman–Crippen LogP) is 13.9. The second-order valence-corrected chi connectivity index (χ2v) is 20.3. The van der Waals surface area contributed by atoms with E-state index in [9.17, 15) is 19.4 Å². The molecule has 0 spiro atoms. The number of phosphoric ester groups is 1. The second kappa shape index (κ2) is 41.8. The van der Waals surface area contributed by atoms with Crippen molar-refractivity contribution >= 4 is 13.7 Å². The predicted molar refractivity (Wildman–Crippen MR) is 247 cm³/mol. The lowest BCUT2D eigenvalue weighted by molar-refractivity contribution is -0.870. The molecule has 9 heteroatoms. The highest BCUT2D eigenvalue weighted by Gasteiger charge is 2.24. The number of carbonyl (C=O) groups excluding carboxylic acids is 1. The van der Waals surface area contributed by atoms with E-state index in [2.05, 4.69) is 19.2 Å². The summed E-state index contributed by atoms with van der Waals surface area (Å²) >= 11 is 0. The van der Waals surface area contributed by atoms with Crippen LogP contribution in [-0.2, 0) is 18.4 Å². The standard InChI is InChI=1S/C49H101N2O6P/c1-6-8-10-12-14-16-18-19-20-21-22-23-24-25-26-27-28-29-30-31-32-33-35-37-39-41-43-49(53)50-47(46-57-58(54,55)56-45-44-51(3,4)5)48(52)42-40-38-36-34-17-15-13-11-9-7-2/h47-48,52H,6-46H2,1-5H3,(H-,50,53,54,55)/t47-,48+/m0/s1. The quantitative estimate of drug-likeness (QED) is 0.0359. The van der Waals surface area contributed by atoms with Gasteiger partial charge < -0.3 is 28.8 Å². The van der Waals surface area contributed by atoms with E-state index in [1.165, 1.54) is 193 Å². The molecule has 348 valence electrons. The number of nitrogens with one attached hydrogen (secondary N) is 1. The number of aliphatic hydroxyl groups is 1. The Kier molecular flexibility index (Phi) is 41.5. The number of hydrogen-bond donors (Lipinski definition) is 2. The van der Waals surface area contributed by atoms with Crippen molar-refractivity contribution in [2.45, 2.75) is 270 Å². The number of phosphoric acid groups is 1. The minimum Gasteiger partial charge on any atom is -0.756 e. The van der Waals surface area contributed by atoms with Crippen molar-refractivity contribution in [3.63, 3.8) is 0 Å². The molecule has 2 N–H and O–H groups in total. The van der Waals surface area contributed by atoms with E-state index in [-0.39, 0.29) is 19.1 Å². The SMILES string of the molecule is CCCCCCCCCCCCCCCCCCCCCCCCCCCCC(=O)N[C@@H](COP(=O)([O-])OCC[N+](C)(C)C)[C@H](O)CCCCCCCCCCCC. The first-order chi connectivity index (χ1) is 28.0. The molecular formula is C49H101N2O6P. The van der Waals surface area contributed by atoms with Gasteiger partial charge in [0.25, 0.3) is 7.82 Å². The number of likely N-dealkylation sites (N-methyl/N-ethyl adjacent to an activating group) is 1. The lowest BCUT2D eigenvalue weighted by Gasteiger charge is -2.30. The monoisotopic (exact) mass is 845 g/mol. The molecule has 0 aliphatic rings. The van der Waals surface area contributed by atoms with Gasteiger partial charge in [-0.15, -0.1) is 0 Å². The highest BCUT2D eigenvalue weighted by molar-refractivity contribution is 7.45. The van der Waals surface area contributed by atoms with Crippen LogP contribution in [0.2, 0.25) is 0 Å². The second-order valence-electron chi connectivity index (χ2n) is 18.9. The Morgan fingerprint density at radius 2 is 0.845 bits per heavy atom. The molecule has 1 unspecified atom stereocenters. The average Bonchev–Trinajstić information content (AvgIpc) is 3.17. The molecule has 0 heterocycles. The zero-order valence-electron chi connectivity index (χ0n) is 39.5. The average molecular weight is 845 g/mol. The molecule has 0 saturated heterocycles. The molecule has 0 aromatic carbocycles. The van der Waals surface area contributed by atoms with E-state index in [0.29, 0.717) is 23.9 Å². The number of quaternary nitrogens is 1. The number of amides is 1. The number of carbonyl (C=O) groups is 1. The zero-order valence-corrected chi connectivity index (χ0v) is 40.4. The normalized spacial score (nSPS) is 14.1. The molecule has 0 aliphatic carbocycles. The topological polar surface area (TPSA) is 108 Å². The lowest BCUT2D eigenvalue weighted by Crippen LogP contribution is -2.46. The minimum atomic E-state index is -4.56. The summed E-state index contributed by atoms with van der Waals surface area (Å²) in [6.45, 7) is 4.73. The van der Waals surface area contributed by atoms with E-state index in [1.54, 1.807) is 0 Å². The molecule has 58 heavy (non-hydrogen) atoms. The third kappa shape index (κ3) is 43.6. The van der Waals surface area contributed by atoms with Gasteiger partial charge in [-0.25, -0.2) is 0 Å². The van der Waals surface area contributed by atoms with Crippen LogP contribution in [0, 0.1) is 0 Å². The smallest absolute Gasteiger partial charge is 0.268 e. The van der Waals surface area contributed by atoms with Gasteiger partial charge in [0.2, 0.25) is 5.91 Å². The Labute approximate surface area is 361 Å². The van der Waals surface area contributed by atoms with Crippen LogP contribution in [0.5, 0.6) is 0 Å². The summed E-state index contributed by atoms with van der Waals surface area (Å²) in [4.78, 5) is 25.3. The van der Waals surface area contributed by atoms with Crippen LogP contribution >= 0.6 is 7.82 Å². The summed E-state index contributed by atoms with van der Waals surface area (Å²) in [7, 11) is 1.32. The molecule has 1 amide bonds. The van der Waals surface area contributed by atoms with Crippen molar-refractivity contribution in [1.82, 2.24) is 5.32 Å². The molecule has 0 aromatic heterocycles. The summed E-state index contributed by atoms with van der Waals surface area (Å²) in [5, 5.41) is 13.9. The summed E-state index contributed by atoms with van der Waals surface area (Å²) in [6, 6.07) is -0.792. The molecule has 0 saturated carbocycles. The Morgan fingerprint density at radius 3 is 1.17 bits per heavy atom. The van der Waals surface area contributed by atoms with Crippen molar-refractivity contribution < 1.29 is 32.9 Å². The molecule has 3 atom stereocenters. The summed E-state index contributed by atoms with van der Waals surface area (Å²) in [6.07, 6.45) is 47.0. The van der Waals surface area contributed by atoms with Crippen LogP contribution in [0.25, 0.3) is 0 Å². The van der Waals surface area contributed by atoms with Gasteiger partial charge in [-0.3, -0.25) is 9.36 Å². The highest BCUT2D eigenvalue weighted by Crippen LogP contribution is 2.38. The van der Waals surface area contributed by atoms with Crippen LogP contribution in [-0.4, -0.2) is 68.5 Å². The fraction of sp³-hybridized carbons (Fsp3) is 0.980. The van der Waals surface area contributed by atoms with E-state index in [1.807, 2.05) is 21.1 Å². The van der Waals surface area contributed by atoms with Crippen LogP contribution in [0.3, 0.4) is 0 Å². The minimum absolute atomic E-state index is 0.0159. The number of hydrogen-bond acceptors (Lipinski definition) is 6. The van der Waals surface area contributed by atoms with Gasteiger partial charge in [0.15, 0.2) is 0 Å². The van der Waals surface area contributed by atoms with Crippen molar-refractivity contribution in [1.29, 1.82) is 0 Å². The van der Waals surface area contributed by atoms with Gasteiger partial charge in [0.05, 0.1) is 39.9 Å². The fourth-order valence-electron chi connectivity index (χ4n) is 7.81. The third-order valence-corrected chi connectivity index (χ3v) is 12.8. The maximum atomic E-state index is 12.9. The number of nitrogens with zero attached hydrogens (tertiary/aromatic N) is 1. The Balaban J connectivity index is 4.03. The molecular weight excluding hydrogens is 744 g/mol. The number of rotatable bonds is 47. The lowest BCUT2D eigenvalue weighted by atomic mass is 10.0. The van der Waals surface area contributed by atoms with Crippen molar-refractivity contribution in [3.05, 3.63) is 0 Å². The first-order valence-corrected chi connectivity index (χ1v) is 26.8. The van der Waals surface area contributed by atoms with Crippen molar-refractivity contribution in [3.8, 4) is 0 Å². The summed E-state index contributed by atoms with van der Waals surface area (Å²) in [5.41, 5.74) is 0. The zero-order chi connectivity index (χ0) is 42.8. The van der Waals surface area contributed by atoms with E-state index in [0.717, 1.165) is 38.5 Å². The molecule has 0 bridgehead atoms. The summed E-state index contributed by atoms with van der Waals surface area (Å²) in [5.74, 6) is -0.160. The molecule has 0 radical (unpaired) electrons. The Hall–Kier alpha value is -0.500. The third-order valence-electron chi connectivity index (χ3n) is 11.8. The van der Waals surface area contributed by atoms with Gasteiger partial charge in [-0.2, -0.15) is 0 Å². The molecule has 8 nitrogen and oxygen atoms in total. The maximum Gasteiger partial charge on any atom is 0.268 e. The van der Waals surface area contributed by atoms with Crippen LogP contribution < -0.4 is 10.2 Å². The van der Waals surface area contributed by atoms with Crippen molar-refractivity contribution in [2.75, 3.05) is 40.9 Å². The Morgan fingerprint density at radius 1 is 0.534 bits per heavy atom. The molecule has 0 rings (SSSR count). The van der Waals surface area contributed by atoms with Gasteiger partial charge in [0.1, 0.15) is 13.2 Å². The van der Waals surface area contributed by atoms with Gasteiger partial charge in [-0.05, 0) is 12.8 Å². The van der Waals surface area contributed by atoms with Gasteiger partial charge >= 0.3 is 0 Å². The summed E-state index contributed by atoms with van der Waals surface area (Å²) < 4.78 is 23.3. The molecule has 0 aliphatic heterocycles. The molecule has 0 aromatic rings. The Bertz CT molecular complexity index is 916. The van der Waals surface area contributed by atoms with Crippen molar-refractivity contribution in [2.24, 2.45) is 0 Å². The van der Waals surface area contributed by atoms with E-state index < -0.39 is 20.0 Å². The number of aliphatic hydroxyl groups excluding tert-OH is 1. The van der Waals surface area contributed by atoms with Crippen LogP contribution in [0.1, 0.15) is 258 Å². The number of unbranched alkanes of at least 4 members (excludes halogenated alkanes) is 34. The van der Waals surface area contributed by atoms with Gasteiger partial charge in [-0.1, -0.05) is 239 Å². The first-order valence-electron chi connectivity index (χ1n) is 25.4. The van der Waals surface area contributed by atoms with Crippen LogP contribution in [0.15, 0.2) is 0 Å². The fourth-order valence-corrected chi connectivity index (χ4v) is 8.53. The van der Waals surface area contributed by atoms with E-state index >= 15 is 0 Å². The molecule has 0 fully saturated rings. The maximum absolute atomic E-state index is 12.9. The first kappa shape index (κ1) is 57.5. The van der Waals surface area contributed by atoms with Crippen LogP contribution in [0.4, 0.5) is 0 Å². The largest absolute Gasteiger partial charge is 0.756 e. The van der Waals surface area contributed by atoms with Gasteiger partial charge in [0, 0.05) is 6.42 Å². The van der Waals surface area contributed by atoms with E-state index in [4.69, 9.17) is 9.05 Å².